The molecule has 1 saturated carbocycles. The van der Waals surface area contributed by atoms with Crippen molar-refractivity contribution in [3.05, 3.63) is 10.6 Å². The SMILES string of the molecule is CCSC1CCC(Nc2nc(Cl)nc(Cl)n2)C1. The standard InChI is InChI=1S/C10H14Cl2N4S/c1-2-17-7-4-3-6(5-7)13-10-15-8(11)14-9(12)16-10/h6-7H,2-5H2,1H3,(H,13,14,15,16). The van der Waals surface area contributed by atoms with Gasteiger partial charge in [0, 0.05) is 11.3 Å². The van der Waals surface area contributed by atoms with Crippen LogP contribution in [0.25, 0.3) is 0 Å². The van der Waals surface area contributed by atoms with Gasteiger partial charge in [-0.15, -0.1) is 0 Å². The second-order valence-corrected chi connectivity index (χ2v) is 6.18. The van der Waals surface area contributed by atoms with Crippen LogP contribution in [-0.4, -0.2) is 32.0 Å². The minimum absolute atomic E-state index is 0.130. The van der Waals surface area contributed by atoms with Gasteiger partial charge in [0.15, 0.2) is 0 Å². The normalized spacial score (nSPS) is 23.9. The molecule has 0 aliphatic heterocycles. The number of nitrogens with one attached hydrogen (secondary N) is 1. The van der Waals surface area contributed by atoms with Crippen molar-refractivity contribution in [2.75, 3.05) is 11.1 Å². The number of nitrogens with zero attached hydrogens (tertiary/aromatic N) is 3. The Balaban J connectivity index is 1.93. The fraction of sp³-hybridized carbons (Fsp3) is 0.700. The average molecular weight is 293 g/mol. The first kappa shape index (κ1) is 13.2. The fourth-order valence-corrected chi connectivity index (χ4v) is 3.54. The maximum Gasteiger partial charge on any atom is 0.228 e. The molecule has 0 aromatic carbocycles. The lowest BCUT2D eigenvalue weighted by molar-refractivity contribution is 0.743. The predicted molar refractivity (Wildman–Crippen MR) is 73.0 cm³/mol. The number of halogens is 2. The second-order valence-electron chi connectivity index (χ2n) is 3.93. The molecule has 2 unspecified atom stereocenters. The molecule has 2 rings (SSSR count). The van der Waals surface area contributed by atoms with Crippen LogP contribution >= 0.6 is 35.0 Å². The number of hydrogen-bond acceptors (Lipinski definition) is 5. The summed E-state index contributed by atoms with van der Waals surface area (Å²) in [7, 11) is 0. The maximum atomic E-state index is 5.72. The van der Waals surface area contributed by atoms with E-state index in [1.807, 2.05) is 11.8 Å². The van der Waals surface area contributed by atoms with Crippen molar-refractivity contribution >= 4 is 40.9 Å². The molecule has 1 aromatic rings. The summed E-state index contributed by atoms with van der Waals surface area (Å²) in [6.45, 7) is 2.19. The first-order valence-electron chi connectivity index (χ1n) is 5.62. The number of anilines is 1. The lowest BCUT2D eigenvalue weighted by atomic mass is 10.2. The molecule has 0 spiro atoms. The first-order chi connectivity index (χ1) is 8.17. The molecule has 0 bridgehead atoms. The van der Waals surface area contributed by atoms with Gasteiger partial charge in [-0.25, -0.2) is 0 Å². The maximum absolute atomic E-state index is 5.72. The van der Waals surface area contributed by atoms with Crippen LogP contribution in [0.5, 0.6) is 0 Å². The van der Waals surface area contributed by atoms with Crippen molar-refractivity contribution < 1.29 is 0 Å². The van der Waals surface area contributed by atoms with Gasteiger partial charge < -0.3 is 5.32 Å². The molecule has 1 aliphatic carbocycles. The molecule has 4 nitrogen and oxygen atoms in total. The van der Waals surface area contributed by atoms with Crippen LogP contribution in [0.4, 0.5) is 5.95 Å². The van der Waals surface area contributed by atoms with E-state index in [1.165, 1.54) is 12.2 Å². The quantitative estimate of drug-likeness (QED) is 0.923. The minimum atomic E-state index is 0.130. The van der Waals surface area contributed by atoms with Crippen molar-refractivity contribution in [3.63, 3.8) is 0 Å². The molecule has 1 aromatic heterocycles. The molecule has 1 N–H and O–H groups in total. The van der Waals surface area contributed by atoms with Gasteiger partial charge in [-0.1, -0.05) is 6.92 Å². The number of thioether (sulfide) groups is 1. The predicted octanol–water partition coefficient (Wildman–Crippen LogP) is 3.26. The average Bonchev–Trinajstić information content (AvgIpc) is 2.64. The third-order valence-electron chi connectivity index (χ3n) is 2.70. The third kappa shape index (κ3) is 3.86. The molecule has 94 valence electrons. The summed E-state index contributed by atoms with van der Waals surface area (Å²) in [6.07, 6.45) is 3.51. The van der Waals surface area contributed by atoms with Crippen LogP contribution in [0.3, 0.4) is 0 Å². The van der Waals surface area contributed by atoms with Gasteiger partial charge in [-0.2, -0.15) is 26.7 Å². The fourth-order valence-electron chi connectivity index (χ4n) is 2.03. The summed E-state index contributed by atoms with van der Waals surface area (Å²) in [5.74, 6) is 1.64. The molecule has 2 atom stereocenters. The number of rotatable bonds is 4. The van der Waals surface area contributed by atoms with E-state index in [2.05, 4.69) is 27.2 Å². The lowest BCUT2D eigenvalue weighted by Crippen LogP contribution is -2.18. The van der Waals surface area contributed by atoms with Crippen LogP contribution in [0.15, 0.2) is 0 Å². The number of hydrogen-bond donors (Lipinski definition) is 1. The molecule has 17 heavy (non-hydrogen) atoms. The highest BCUT2D eigenvalue weighted by molar-refractivity contribution is 7.99. The van der Waals surface area contributed by atoms with Crippen molar-refractivity contribution in [2.45, 2.75) is 37.5 Å². The molecule has 0 radical (unpaired) electrons. The first-order valence-corrected chi connectivity index (χ1v) is 7.43. The Morgan fingerprint density at radius 1 is 1.24 bits per heavy atom. The molecule has 1 heterocycles. The summed E-state index contributed by atoms with van der Waals surface area (Å²) in [4.78, 5) is 11.7. The van der Waals surface area contributed by atoms with E-state index in [0.717, 1.165) is 18.1 Å². The molecule has 1 aliphatic rings. The summed E-state index contributed by atoms with van der Waals surface area (Å²) in [5.41, 5.74) is 0. The van der Waals surface area contributed by atoms with Crippen molar-refractivity contribution in [2.24, 2.45) is 0 Å². The van der Waals surface area contributed by atoms with Crippen LogP contribution in [-0.2, 0) is 0 Å². The molecular weight excluding hydrogens is 279 g/mol. The zero-order chi connectivity index (χ0) is 12.3. The Hall–Kier alpha value is -0.260. The summed E-state index contributed by atoms with van der Waals surface area (Å²) >= 11 is 13.5. The highest BCUT2D eigenvalue weighted by Crippen LogP contribution is 2.31. The zero-order valence-corrected chi connectivity index (χ0v) is 11.8. The van der Waals surface area contributed by atoms with Gasteiger partial charge in [-0.05, 0) is 48.2 Å². The summed E-state index contributed by atoms with van der Waals surface area (Å²) < 4.78 is 0. The van der Waals surface area contributed by atoms with Crippen LogP contribution in [0, 0.1) is 0 Å². The van der Waals surface area contributed by atoms with E-state index in [0.29, 0.717) is 12.0 Å². The Labute approximate surface area is 115 Å². The molecule has 7 heteroatoms. The monoisotopic (exact) mass is 292 g/mol. The minimum Gasteiger partial charge on any atom is -0.351 e. The highest BCUT2D eigenvalue weighted by atomic mass is 35.5. The van der Waals surface area contributed by atoms with Crippen LogP contribution < -0.4 is 5.32 Å². The summed E-state index contributed by atoms with van der Waals surface area (Å²) in [5, 5.41) is 4.27. The Bertz CT molecular complexity index is 370. The van der Waals surface area contributed by atoms with Gasteiger partial charge in [-0.3, -0.25) is 0 Å². The van der Waals surface area contributed by atoms with Crippen molar-refractivity contribution in [3.8, 4) is 0 Å². The largest absolute Gasteiger partial charge is 0.351 e. The van der Waals surface area contributed by atoms with Crippen molar-refractivity contribution in [1.82, 2.24) is 15.0 Å². The van der Waals surface area contributed by atoms with Crippen LogP contribution in [0.2, 0.25) is 10.6 Å². The molecule has 1 fully saturated rings. The Morgan fingerprint density at radius 2 is 1.94 bits per heavy atom. The second kappa shape index (κ2) is 6.07. The smallest absolute Gasteiger partial charge is 0.228 e. The number of aromatic nitrogens is 3. The van der Waals surface area contributed by atoms with Gasteiger partial charge >= 0.3 is 0 Å². The van der Waals surface area contributed by atoms with Gasteiger partial charge in [0.1, 0.15) is 0 Å². The van der Waals surface area contributed by atoms with E-state index >= 15 is 0 Å². The summed E-state index contributed by atoms with van der Waals surface area (Å²) in [6, 6.07) is 0.411. The molecule has 0 saturated heterocycles. The molecule has 0 amide bonds. The zero-order valence-electron chi connectivity index (χ0n) is 9.49. The highest BCUT2D eigenvalue weighted by Gasteiger charge is 2.25. The topological polar surface area (TPSA) is 50.7 Å². The van der Waals surface area contributed by atoms with Gasteiger partial charge in [0.2, 0.25) is 16.5 Å². The van der Waals surface area contributed by atoms with Crippen LogP contribution in [0.1, 0.15) is 26.2 Å². The van der Waals surface area contributed by atoms with Gasteiger partial charge in [0.25, 0.3) is 0 Å². The van der Waals surface area contributed by atoms with E-state index in [1.54, 1.807) is 0 Å². The Kier molecular flexibility index (Phi) is 4.70. The molecular formula is C10H14Cl2N4S. The van der Waals surface area contributed by atoms with Crippen molar-refractivity contribution in [1.29, 1.82) is 0 Å². The lowest BCUT2D eigenvalue weighted by Gasteiger charge is -2.12. The van der Waals surface area contributed by atoms with E-state index in [-0.39, 0.29) is 10.6 Å². The van der Waals surface area contributed by atoms with E-state index in [9.17, 15) is 0 Å². The van der Waals surface area contributed by atoms with E-state index in [4.69, 9.17) is 23.2 Å². The Morgan fingerprint density at radius 3 is 2.59 bits per heavy atom. The van der Waals surface area contributed by atoms with Gasteiger partial charge in [0.05, 0.1) is 0 Å². The van der Waals surface area contributed by atoms with E-state index < -0.39 is 0 Å². The third-order valence-corrected chi connectivity index (χ3v) is 4.27.